The monoisotopic (exact) mass is 504 g/mol. The minimum Gasteiger partial charge on any atom is -0.373 e. The number of hydrogen-bond donors (Lipinski definition) is 1. The summed E-state index contributed by atoms with van der Waals surface area (Å²) >= 11 is 0. The fourth-order valence-corrected chi connectivity index (χ4v) is 4.84. The van der Waals surface area contributed by atoms with E-state index >= 15 is 0 Å². The van der Waals surface area contributed by atoms with Crippen molar-refractivity contribution in [3.8, 4) is 11.1 Å². The molecule has 0 fully saturated rings. The number of rotatable bonds is 6. The van der Waals surface area contributed by atoms with E-state index in [9.17, 15) is 26.0 Å². The molecule has 0 amide bonds. The number of aromatic nitrogens is 2. The van der Waals surface area contributed by atoms with Gasteiger partial charge in [-0.15, -0.1) is 0 Å². The van der Waals surface area contributed by atoms with E-state index in [1.165, 1.54) is 25.5 Å². The molecule has 0 atom stereocenters. The molecule has 6 nitrogen and oxygen atoms in total. The first-order valence-electron chi connectivity index (χ1n) is 10.4. The zero-order valence-electron chi connectivity index (χ0n) is 18.6. The maximum absolute atomic E-state index is 14.6. The van der Waals surface area contributed by atoms with Crippen LogP contribution in [0.15, 0.2) is 71.9 Å². The second kappa shape index (κ2) is 9.23. The third kappa shape index (κ3) is 4.96. The molecule has 182 valence electrons. The van der Waals surface area contributed by atoms with Crippen LogP contribution in [0.25, 0.3) is 22.0 Å². The molecule has 4 aromatic rings. The van der Waals surface area contributed by atoms with Crippen molar-refractivity contribution in [2.24, 2.45) is 0 Å². The quantitative estimate of drug-likeness (QED) is 0.360. The van der Waals surface area contributed by atoms with Gasteiger partial charge in [0.1, 0.15) is 18.0 Å². The van der Waals surface area contributed by atoms with Gasteiger partial charge < -0.3 is 5.32 Å². The molecule has 1 N–H and O–H groups in total. The summed E-state index contributed by atoms with van der Waals surface area (Å²) in [6.07, 6.45) is -3.26. The summed E-state index contributed by atoms with van der Waals surface area (Å²) in [5.74, 6) is -0.0222. The van der Waals surface area contributed by atoms with Crippen LogP contribution in [0.2, 0.25) is 0 Å². The Bertz CT molecular complexity index is 1510. The molecule has 0 spiro atoms. The average Bonchev–Trinajstić information content (AvgIpc) is 2.84. The number of anilines is 1. The highest BCUT2D eigenvalue weighted by Gasteiger charge is 2.32. The summed E-state index contributed by atoms with van der Waals surface area (Å²) < 4.78 is 80.4. The minimum atomic E-state index is -4.69. The maximum atomic E-state index is 14.6. The second-order valence-corrected chi connectivity index (χ2v) is 9.84. The lowest BCUT2D eigenvalue weighted by atomic mass is 10.0. The highest BCUT2D eigenvalue weighted by atomic mass is 32.2. The van der Waals surface area contributed by atoms with Gasteiger partial charge in [0.25, 0.3) is 0 Å². The van der Waals surface area contributed by atoms with Crippen molar-refractivity contribution in [2.75, 3.05) is 19.4 Å². The Kier molecular flexibility index (Phi) is 6.48. The number of hydrogen-bond acceptors (Lipinski definition) is 5. The van der Waals surface area contributed by atoms with Crippen LogP contribution in [-0.4, -0.2) is 36.8 Å². The van der Waals surface area contributed by atoms with E-state index in [0.717, 1.165) is 33.5 Å². The Balaban J connectivity index is 1.67. The lowest BCUT2D eigenvalue weighted by Crippen LogP contribution is -2.27. The smallest absolute Gasteiger partial charge is 0.373 e. The molecule has 1 aromatic heterocycles. The highest BCUT2D eigenvalue weighted by molar-refractivity contribution is 7.89. The first kappa shape index (κ1) is 24.6. The number of benzene rings is 3. The summed E-state index contributed by atoms with van der Waals surface area (Å²) in [7, 11) is -1.39. The molecule has 0 aliphatic rings. The Morgan fingerprint density at radius 3 is 2.40 bits per heavy atom. The molecule has 4 rings (SSSR count). The average molecular weight is 505 g/mol. The molecule has 0 saturated heterocycles. The topological polar surface area (TPSA) is 75.2 Å². The minimum absolute atomic E-state index is 0.0683. The molecular weight excluding hydrogens is 484 g/mol. The Labute approximate surface area is 199 Å². The third-order valence-electron chi connectivity index (χ3n) is 5.51. The number of halogens is 4. The molecule has 0 aliphatic heterocycles. The molecule has 3 aromatic carbocycles. The fourth-order valence-electron chi connectivity index (χ4n) is 3.65. The summed E-state index contributed by atoms with van der Waals surface area (Å²) in [5.41, 5.74) is 1.05. The van der Waals surface area contributed by atoms with Gasteiger partial charge in [-0.3, -0.25) is 0 Å². The van der Waals surface area contributed by atoms with E-state index in [1.54, 1.807) is 25.2 Å². The summed E-state index contributed by atoms with van der Waals surface area (Å²) in [4.78, 5) is 7.87. The Morgan fingerprint density at radius 2 is 1.69 bits per heavy atom. The van der Waals surface area contributed by atoms with E-state index in [2.05, 4.69) is 15.3 Å². The van der Waals surface area contributed by atoms with Crippen molar-refractivity contribution < 1.29 is 26.0 Å². The molecule has 0 saturated carbocycles. The van der Waals surface area contributed by atoms with E-state index in [-0.39, 0.29) is 12.1 Å². The van der Waals surface area contributed by atoms with Crippen LogP contribution < -0.4 is 5.32 Å². The van der Waals surface area contributed by atoms with Gasteiger partial charge in [-0.25, -0.2) is 22.8 Å². The summed E-state index contributed by atoms with van der Waals surface area (Å²) in [5, 5.41) is 3.74. The van der Waals surface area contributed by atoms with Crippen LogP contribution in [-0.2, 0) is 22.7 Å². The van der Waals surface area contributed by atoms with E-state index in [4.69, 9.17) is 0 Å². The molecule has 0 radical (unpaired) electrons. The van der Waals surface area contributed by atoms with E-state index in [0.29, 0.717) is 23.0 Å². The zero-order chi connectivity index (χ0) is 25.4. The SMILES string of the molecule is CNc1ncnc2ccc(-c3ccc(F)c(CN(C)S(=O)(=O)c4cccc(C(F)(F)F)c4)c3)cc12. The van der Waals surface area contributed by atoms with E-state index in [1.807, 2.05) is 6.07 Å². The van der Waals surface area contributed by atoms with Crippen LogP contribution in [0.5, 0.6) is 0 Å². The number of sulfonamides is 1. The van der Waals surface area contributed by atoms with Crippen molar-refractivity contribution in [1.82, 2.24) is 14.3 Å². The molecular formula is C24H20F4N4O2S. The standard InChI is InChI=1S/C24H20F4N4O2S/c1-29-23-20-11-16(7-9-22(20)30-14-31-23)15-6-8-21(25)17(10-15)13-32(2)35(33,34)19-5-3-4-18(12-19)24(26,27)28/h3-12,14H,13H2,1-2H3,(H,29,30,31). The highest BCUT2D eigenvalue weighted by Crippen LogP contribution is 2.32. The second-order valence-electron chi connectivity index (χ2n) is 7.80. The molecule has 0 unspecified atom stereocenters. The Hall–Kier alpha value is -3.57. The lowest BCUT2D eigenvalue weighted by molar-refractivity contribution is -0.137. The fraction of sp³-hybridized carbons (Fsp3) is 0.167. The van der Waals surface area contributed by atoms with Gasteiger partial charge in [0.2, 0.25) is 10.0 Å². The molecule has 1 heterocycles. The largest absolute Gasteiger partial charge is 0.416 e. The Morgan fingerprint density at radius 1 is 0.971 bits per heavy atom. The van der Waals surface area contributed by atoms with Crippen LogP contribution in [0, 0.1) is 5.82 Å². The van der Waals surface area contributed by atoms with Crippen molar-refractivity contribution in [2.45, 2.75) is 17.6 Å². The normalized spacial score (nSPS) is 12.3. The number of fused-ring (bicyclic) bond motifs is 1. The number of nitrogens with one attached hydrogen (secondary N) is 1. The van der Waals surface area contributed by atoms with Crippen LogP contribution >= 0.6 is 0 Å². The molecule has 11 heteroatoms. The predicted octanol–water partition coefficient (Wildman–Crippen LogP) is 5.32. The van der Waals surface area contributed by atoms with Gasteiger partial charge in [-0.05, 0) is 53.6 Å². The molecule has 0 bridgehead atoms. The van der Waals surface area contributed by atoms with Crippen LogP contribution in [0.1, 0.15) is 11.1 Å². The first-order valence-corrected chi connectivity index (χ1v) is 11.8. The van der Waals surface area contributed by atoms with Crippen LogP contribution in [0.4, 0.5) is 23.4 Å². The lowest BCUT2D eigenvalue weighted by Gasteiger charge is -2.19. The van der Waals surface area contributed by atoms with Crippen LogP contribution in [0.3, 0.4) is 0 Å². The van der Waals surface area contributed by atoms with Crippen molar-refractivity contribution >= 4 is 26.7 Å². The number of nitrogens with zero attached hydrogens (tertiary/aromatic N) is 3. The van der Waals surface area contributed by atoms with Gasteiger partial charge >= 0.3 is 6.18 Å². The maximum Gasteiger partial charge on any atom is 0.416 e. The molecule has 35 heavy (non-hydrogen) atoms. The predicted molar refractivity (Wildman–Crippen MR) is 125 cm³/mol. The van der Waals surface area contributed by atoms with Gasteiger partial charge in [0.05, 0.1) is 16.0 Å². The summed E-state index contributed by atoms with van der Waals surface area (Å²) in [6, 6.07) is 13.2. The van der Waals surface area contributed by atoms with Crippen molar-refractivity contribution in [3.63, 3.8) is 0 Å². The van der Waals surface area contributed by atoms with Gasteiger partial charge in [0, 0.05) is 31.6 Å². The summed E-state index contributed by atoms with van der Waals surface area (Å²) in [6.45, 7) is -0.378. The van der Waals surface area contributed by atoms with Gasteiger partial charge in [-0.2, -0.15) is 17.5 Å². The van der Waals surface area contributed by atoms with E-state index < -0.39 is 32.5 Å². The third-order valence-corrected chi connectivity index (χ3v) is 7.31. The molecule has 0 aliphatic carbocycles. The van der Waals surface area contributed by atoms with Gasteiger partial charge in [0.15, 0.2) is 0 Å². The van der Waals surface area contributed by atoms with Gasteiger partial charge in [-0.1, -0.05) is 18.2 Å². The van der Waals surface area contributed by atoms with Crippen molar-refractivity contribution in [3.05, 3.63) is 83.9 Å². The van der Waals surface area contributed by atoms with Crippen molar-refractivity contribution in [1.29, 1.82) is 0 Å². The zero-order valence-corrected chi connectivity index (χ0v) is 19.5. The first-order chi connectivity index (χ1) is 16.5. The number of alkyl halides is 3.